The number of hydrogen-bond donors (Lipinski definition) is 1. The molecule has 2 aromatic rings. The smallest absolute Gasteiger partial charge is 0.119 e. The van der Waals surface area contributed by atoms with Crippen molar-refractivity contribution in [2.75, 3.05) is 7.05 Å². The minimum atomic E-state index is 0.587. The summed E-state index contributed by atoms with van der Waals surface area (Å²) in [5.41, 5.74) is 2.27. The zero-order valence-electron chi connectivity index (χ0n) is 9.85. The van der Waals surface area contributed by atoms with Crippen molar-refractivity contribution in [3.05, 3.63) is 52.0 Å². The summed E-state index contributed by atoms with van der Waals surface area (Å²) in [5.74, 6) is 0. The van der Waals surface area contributed by atoms with Gasteiger partial charge in [-0.15, -0.1) is 11.3 Å². The van der Waals surface area contributed by atoms with Crippen molar-refractivity contribution in [3.8, 4) is 0 Å². The van der Waals surface area contributed by atoms with Gasteiger partial charge in [0.15, 0.2) is 0 Å². The largest absolute Gasteiger partial charge is 0.370 e. The summed E-state index contributed by atoms with van der Waals surface area (Å²) in [6.07, 6.45) is 0. The van der Waals surface area contributed by atoms with Gasteiger partial charge in [-0.25, -0.2) is 4.98 Å². The van der Waals surface area contributed by atoms with E-state index in [9.17, 15) is 0 Å². The van der Waals surface area contributed by atoms with Crippen molar-refractivity contribution in [2.24, 2.45) is 0 Å². The molecule has 0 amide bonds. The van der Waals surface area contributed by atoms with Gasteiger partial charge in [-0.05, 0) is 12.6 Å². The molecule has 0 aliphatic carbocycles. The molecule has 2 rings (SSSR count). The lowest BCUT2D eigenvalue weighted by molar-refractivity contribution is 0.107. The number of ether oxygens (including phenoxy) is 1. The van der Waals surface area contributed by atoms with Gasteiger partial charge >= 0.3 is 0 Å². The number of thiazole rings is 1. The zero-order valence-corrected chi connectivity index (χ0v) is 10.7. The standard InChI is InChI=1S/C13H16N2OS/c1-14-7-12-10-17-13(15-12)9-16-8-11-5-3-2-4-6-11/h2-6,10,14H,7-9H2,1H3. The molecule has 1 aromatic heterocycles. The first-order chi connectivity index (χ1) is 8.38. The minimum absolute atomic E-state index is 0.587. The summed E-state index contributed by atoms with van der Waals surface area (Å²) in [4.78, 5) is 4.46. The molecule has 0 bridgehead atoms. The first-order valence-corrected chi connectivity index (χ1v) is 6.46. The Bertz CT molecular complexity index is 442. The highest BCUT2D eigenvalue weighted by Crippen LogP contribution is 2.12. The number of benzene rings is 1. The lowest BCUT2D eigenvalue weighted by Crippen LogP contribution is -2.05. The Hall–Kier alpha value is -1.23. The van der Waals surface area contributed by atoms with E-state index in [0.717, 1.165) is 17.2 Å². The van der Waals surface area contributed by atoms with E-state index < -0.39 is 0 Å². The number of hydrogen-bond acceptors (Lipinski definition) is 4. The van der Waals surface area contributed by atoms with Gasteiger partial charge in [0.05, 0.1) is 18.9 Å². The van der Waals surface area contributed by atoms with E-state index in [-0.39, 0.29) is 0 Å². The summed E-state index contributed by atoms with van der Waals surface area (Å²) in [5, 5.41) is 6.18. The Kier molecular flexibility index (Phi) is 4.67. The van der Waals surface area contributed by atoms with Crippen molar-refractivity contribution in [1.29, 1.82) is 0 Å². The Balaban J connectivity index is 1.78. The van der Waals surface area contributed by atoms with E-state index in [4.69, 9.17) is 4.74 Å². The Morgan fingerprint density at radius 1 is 1.24 bits per heavy atom. The second kappa shape index (κ2) is 6.49. The number of nitrogens with zero attached hydrogens (tertiary/aromatic N) is 1. The van der Waals surface area contributed by atoms with Crippen LogP contribution in [0, 0.1) is 0 Å². The topological polar surface area (TPSA) is 34.1 Å². The van der Waals surface area contributed by atoms with E-state index in [2.05, 4.69) is 27.8 Å². The number of aromatic nitrogens is 1. The molecule has 1 aromatic carbocycles. The van der Waals surface area contributed by atoms with Crippen LogP contribution < -0.4 is 5.32 Å². The zero-order chi connectivity index (χ0) is 11.9. The lowest BCUT2D eigenvalue weighted by Gasteiger charge is -2.01. The van der Waals surface area contributed by atoms with Crippen LogP contribution in [-0.2, 0) is 24.5 Å². The third-order valence-corrected chi connectivity index (χ3v) is 3.17. The molecule has 3 nitrogen and oxygen atoms in total. The van der Waals surface area contributed by atoms with E-state index in [0.29, 0.717) is 13.2 Å². The van der Waals surface area contributed by atoms with Gasteiger partial charge < -0.3 is 10.1 Å². The maximum Gasteiger partial charge on any atom is 0.119 e. The second-order valence-electron chi connectivity index (χ2n) is 3.74. The van der Waals surface area contributed by atoms with E-state index >= 15 is 0 Å². The number of rotatable bonds is 6. The summed E-state index contributed by atoms with van der Waals surface area (Å²) in [6.45, 7) is 2.04. The molecule has 0 aliphatic heterocycles. The van der Waals surface area contributed by atoms with Gasteiger partial charge in [-0.1, -0.05) is 30.3 Å². The SMILES string of the molecule is CNCc1csc(COCc2ccccc2)n1. The van der Waals surface area contributed by atoms with Crippen LogP contribution in [0.3, 0.4) is 0 Å². The summed E-state index contributed by atoms with van der Waals surface area (Å²) < 4.78 is 5.62. The molecule has 0 unspecified atom stereocenters. The fraction of sp³-hybridized carbons (Fsp3) is 0.308. The molecular weight excluding hydrogens is 232 g/mol. The molecule has 1 N–H and O–H groups in total. The molecule has 0 spiro atoms. The summed E-state index contributed by atoms with van der Waals surface area (Å²) in [6, 6.07) is 10.2. The summed E-state index contributed by atoms with van der Waals surface area (Å²) in [7, 11) is 1.92. The van der Waals surface area contributed by atoms with Crippen molar-refractivity contribution < 1.29 is 4.74 Å². The molecule has 0 fully saturated rings. The van der Waals surface area contributed by atoms with Crippen LogP contribution >= 0.6 is 11.3 Å². The van der Waals surface area contributed by atoms with Gasteiger partial charge in [0.25, 0.3) is 0 Å². The van der Waals surface area contributed by atoms with E-state index in [1.807, 2.05) is 25.2 Å². The second-order valence-corrected chi connectivity index (χ2v) is 4.68. The normalized spacial score (nSPS) is 10.6. The Morgan fingerprint density at radius 2 is 2.06 bits per heavy atom. The fourth-order valence-electron chi connectivity index (χ4n) is 1.51. The molecule has 17 heavy (non-hydrogen) atoms. The maximum atomic E-state index is 5.62. The van der Waals surface area contributed by atoms with Gasteiger partial charge in [0.2, 0.25) is 0 Å². The first kappa shape index (κ1) is 12.2. The lowest BCUT2D eigenvalue weighted by atomic mass is 10.2. The van der Waals surface area contributed by atoms with Crippen molar-refractivity contribution in [1.82, 2.24) is 10.3 Å². The van der Waals surface area contributed by atoms with Crippen LogP contribution in [0.15, 0.2) is 35.7 Å². The maximum absolute atomic E-state index is 5.62. The minimum Gasteiger partial charge on any atom is -0.370 e. The predicted octanol–water partition coefficient (Wildman–Crippen LogP) is 2.58. The summed E-state index contributed by atoms with van der Waals surface area (Å²) >= 11 is 1.65. The molecule has 0 atom stereocenters. The average Bonchev–Trinajstić information content (AvgIpc) is 2.79. The van der Waals surface area contributed by atoms with Crippen LogP contribution in [0.4, 0.5) is 0 Å². The van der Waals surface area contributed by atoms with Crippen LogP contribution in [0.25, 0.3) is 0 Å². The highest BCUT2D eigenvalue weighted by atomic mass is 32.1. The average molecular weight is 248 g/mol. The van der Waals surface area contributed by atoms with Gasteiger partial charge in [0, 0.05) is 11.9 Å². The molecule has 0 saturated carbocycles. The first-order valence-electron chi connectivity index (χ1n) is 5.58. The van der Waals surface area contributed by atoms with Crippen LogP contribution in [0.1, 0.15) is 16.3 Å². The van der Waals surface area contributed by atoms with Crippen LogP contribution in [0.5, 0.6) is 0 Å². The van der Waals surface area contributed by atoms with Gasteiger partial charge in [0.1, 0.15) is 5.01 Å². The Morgan fingerprint density at radius 3 is 2.82 bits per heavy atom. The van der Waals surface area contributed by atoms with Crippen LogP contribution in [0.2, 0.25) is 0 Å². The van der Waals surface area contributed by atoms with Crippen molar-refractivity contribution >= 4 is 11.3 Å². The van der Waals surface area contributed by atoms with Crippen molar-refractivity contribution in [2.45, 2.75) is 19.8 Å². The third kappa shape index (κ3) is 3.93. The van der Waals surface area contributed by atoms with Gasteiger partial charge in [-0.3, -0.25) is 0 Å². The molecule has 0 radical (unpaired) electrons. The monoisotopic (exact) mass is 248 g/mol. The van der Waals surface area contributed by atoms with Gasteiger partial charge in [-0.2, -0.15) is 0 Å². The highest BCUT2D eigenvalue weighted by Gasteiger charge is 2.01. The van der Waals surface area contributed by atoms with E-state index in [1.54, 1.807) is 11.3 Å². The highest BCUT2D eigenvalue weighted by molar-refractivity contribution is 7.09. The number of nitrogens with one attached hydrogen (secondary N) is 1. The third-order valence-electron chi connectivity index (χ3n) is 2.29. The molecular formula is C13H16N2OS. The molecule has 90 valence electrons. The van der Waals surface area contributed by atoms with Crippen LogP contribution in [-0.4, -0.2) is 12.0 Å². The Labute approximate surface area is 105 Å². The molecule has 4 heteroatoms. The molecule has 0 saturated heterocycles. The van der Waals surface area contributed by atoms with E-state index in [1.165, 1.54) is 5.56 Å². The predicted molar refractivity (Wildman–Crippen MR) is 69.8 cm³/mol. The van der Waals surface area contributed by atoms with Crippen molar-refractivity contribution in [3.63, 3.8) is 0 Å². The quantitative estimate of drug-likeness (QED) is 0.853. The molecule has 0 aliphatic rings. The molecule has 1 heterocycles. The fourth-order valence-corrected chi connectivity index (χ4v) is 2.24.